The Morgan fingerprint density at radius 2 is 1.44 bits per heavy atom. The summed E-state index contributed by atoms with van der Waals surface area (Å²) in [5.74, 6) is -1.21. The highest BCUT2D eigenvalue weighted by Gasteiger charge is 2.61. The summed E-state index contributed by atoms with van der Waals surface area (Å²) >= 11 is 0. The molecular weight excluding hydrogens is 432 g/mol. The number of carbonyl (C=O) groups is 3. The van der Waals surface area contributed by atoms with Crippen LogP contribution in [0.3, 0.4) is 0 Å². The number of nitrogens with one attached hydrogen (secondary N) is 1. The van der Waals surface area contributed by atoms with Crippen molar-refractivity contribution in [3.05, 3.63) is 71.3 Å². The second-order valence-corrected chi connectivity index (χ2v) is 9.92. The van der Waals surface area contributed by atoms with Gasteiger partial charge in [0, 0.05) is 5.54 Å². The number of amides is 2. The van der Waals surface area contributed by atoms with Crippen molar-refractivity contribution in [1.29, 1.82) is 0 Å². The van der Waals surface area contributed by atoms with Crippen molar-refractivity contribution in [3.8, 4) is 0 Å². The SMILES string of the molecule is CC(C)(C)N(C(=O)O)C1(C(=O)ONC(=O)Cc2ccc(CCCCc3ccccc3)cc2)CC1. The highest BCUT2D eigenvalue weighted by molar-refractivity contribution is 5.90. The van der Waals surface area contributed by atoms with E-state index in [0.717, 1.165) is 36.1 Å². The minimum Gasteiger partial charge on any atom is -0.465 e. The maximum Gasteiger partial charge on any atom is 0.408 e. The summed E-state index contributed by atoms with van der Waals surface area (Å²) in [7, 11) is 0. The predicted octanol–water partition coefficient (Wildman–Crippen LogP) is 4.68. The maximum absolute atomic E-state index is 12.6. The van der Waals surface area contributed by atoms with E-state index in [0.29, 0.717) is 12.8 Å². The normalized spacial score (nSPS) is 14.2. The van der Waals surface area contributed by atoms with Crippen molar-refractivity contribution in [2.24, 2.45) is 0 Å². The second kappa shape index (κ2) is 10.7. The molecule has 0 spiro atoms. The van der Waals surface area contributed by atoms with E-state index in [1.165, 1.54) is 11.1 Å². The van der Waals surface area contributed by atoms with Gasteiger partial charge in [-0.3, -0.25) is 9.69 Å². The van der Waals surface area contributed by atoms with Crippen molar-refractivity contribution < 1.29 is 24.3 Å². The quantitative estimate of drug-likeness (QED) is 0.413. The highest BCUT2D eigenvalue weighted by Crippen LogP contribution is 2.46. The van der Waals surface area contributed by atoms with Gasteiger partial charge in [-0.25, -0.2) is 9.59 Å². The second-order valence-electron chi connectivity index (χ2n) is 9.92. The molecule has 0 saturated heterocycles. The molecule has 0 aromatic heterocycles. The zero-order chi connectivity index (χ0) is 24.8. The molecule has 3 rings (SSSR count). The Kier molecular flexibility index (Phi) is 7.97. The molecular formula is C27H34N2O5. The Bertz CT molecular complexity index is 992. The van der Waals surface area contributed by atoms with Gasteiger partial charge in [-0.1, -0.05) is 54.6 Å². The largest absolute Gasteiger partial charge is 0.465 e. The molecule has 1 fully saturated rings. The Hall–Kier alpha value is -3.35. The smallest absolute Gasteiger partial charge is 0.408 e. The summed E-state index contributed by atoms with van der Waals surface area (Å²) in [5, 5.41) is 9.58. The van der Waals surface area contributed by atoms with Crippen LogP contribution < -0.4 is 5.48 Å². The van der Waals surface area contributed by atoms with Crippen LogP contribution in [0.4, 0.5) is 4.79 Å². The lowest BCUT2D eigenvalue weighted by Crippen LogP contribution is -2.57. The monoisotopic (exact) mass is 466 g/mol. The third-order valence-electron chi connectivity index (χ3n) is 6.06. The minimum atomic E-state index is -1.24. The van der Waals surface area contributed by atoms with Gasteiger partial charge in [0.05, 0.1) is 6.42 Å². The number of aryl methyl sites for hydroxylation is 2. The first-order valence-electron chi connectivity index (χ1n) is 11.8. The first-order chi connectivity index (χ1) is 16.1. The number of nitrogens with zero attached hydrogens (tertiary/aromatic N) is 1. The predicted molar refractivity (Wildman–Crippen MR) is 129 cm³/mol. The molecule has 34 heavy (non-hydrogen) atoms. The number of hydroxylamine groups is 1. The number of benzene rings is 2. The van der Waals surface area contributed by atoms with Gasteiger partial charge >= 0.3 is 12.1 Å². The molecule has 1 aliphatic carbocycles. The van der Waals surface area contributed by atoms with Crippen molar-refractivity contribution >= 4 is 18.0 Å². The van der Waals surface area contributed by atoms with Gasteiger partial charge in [0.2, 0.25) is 0 Å². The average Bonchev–Trinajstić information content (AvgIpc) is 3.57. The van der Waals surface area contributed by atoms with E-state index in [1.807, 2.05) is 30.3 Å². The highest BCUT2D eigenvalue weighted by atomic mass is 16.7. The molecule has 7 nitrogen and oxygen atoms in total. The van der Waals surface area contributed by atoms with Gasteiger partial charge in [0.15, 0.2) is 0 Å². The summed E-state index contributed by atoms with van der Waals surface area (Å²) < 4.78 is 0. The Morgan fingerprint density at radius 1 is 0.912 bits per heavy atom. The molecule has 0 bridgehead atoms. The minimum absolute atomic E-state index is 0.0660. The third kappa shape index (κ3) is 6.59. The lowest BCUT2D eigenvalue weighted by molar-refractivity contribution is -0.166. The summed E-state index contributed by atoms with van der Waals surface area (Å²) in [6, 6.07) is 18.3. The van der Waals surface area contributed by atoms with Crippen LogP contribution in [0.5, 0.6) is 0 Å². The molecule has 0 atom stereocenters. The molecule has 0 radical (unpaired) electrons. The molecule has 7 heteroatoms. The molecule has 2 N–H and O–H groups in total. The fraction of sp³-hybridized carbons (Fsp3) is 0.444. The third-order valence-corrected chi connectivity index (χ3v) is 6.06. The van der Waals surface area contributed by atoms with Crippen LogP contribution in [0.25, 0.3) is 0 Å². The lowest BCUT2D eigenvalue weighted by Gasteiger charge is -2.38. The van der Waals surface area contributed by atoms with E-state index in [1.54, 1.807) is 20.8 Å². The van der Waals surface area contributed by atoms with Crippen LogP contribution in [0.15, 0.2) is 54.6 Å². The van der Waals surface area contributed by atoms with E-state index in [4.69, 9.17) is 4.84 Å². The molecule has 0 heterocycles. The number of hydrogen-bond acceptors (Lipinski definition) is 4. The van der Waals surface area contributed by atoms with Gasteiger partial charge in [-0.05, 0) is 76.0 Å². The zero-order valence-corrected chi connectivity index (χ0v) is 20.2. The summed E-state index contributed by atoms with van der Waals surface area (Å²) in [4.78, 5) is 42.7. The van der Waals surface area contributed by atoms with Crippen molar-refractivity contribution in [1.82, 2.24) is 10.4 Å². The van der Waals surface area contributed by atoms with Crippen molar-refractivity contribution in [2.75, 3.05) is 0 Å². The molecule has 2 amide bonds. The van der Waals surface area contributed by atoms with Crippen LogP contribution in [-0.2, 0) is 33.7 Å². The zero-order valence-electron chi connectivity index (χ0n) is 20.2. The summed E-state index contributed by atoms with van der Waals surface area (Å²) in [6.45, 7) is 5.17. The molecule has 0 unspecified atom stereocenters. The van der Waals surface area contributed by atoms with Crippen LogP contribution in [0, 0.1) is 0 Å². The maximum atomic E-state index is 12.6. The van der Waals surface area contributed by atoms with E-state index in [9.17, 15) is 19.5 Å². The topological polar surface area (TPSA) is 95.9 Å². The van der Waals surface area contributed by atoms with Gasteiger partial charge in [0.1, 0.15) is 5.54 Å². The van der Waals surface area contributed by atoms with Crippen LogP contribution in [-0.4, -0.2) is 39.1 Å². The number of rotatable bonds is 9. The van der Waals surface area contributed by atoms with E-state index in [2.05, 4.69) is 29.7 Å². The van der Waals surface area contributed by atoms with Crippen molar-refractivity contribution in [2.45, 2.75) is 76.8 Å². The van der Waals surface area contributed by atoms with E-state index >= 15 is 0 Å². The Balaban J connectivity index is 1.42. The molecule has 1 aliphatic rings. The van der Waals surface area contributed by atoms with Crippen molar-refractivity contribution in [3.63, 3.8) is 0 Å². The first kappa shape index (κ1) is 25.3. The number of carboxylic acid groups (broad SMARTS) is 1. The van der Waals surface area contributed by atoms with Crippen LogP contribution in [0.2, 0.25) is 0 Å². The van der Waals surface area contributed by atoms with Crippen LogP contribution >= 0.6 is 0 Å². The van der Waals surface area contributed by atoms with E-state index < -0.39 is 29.0 Å². The summed E-state index contributed by atoms with van der Waals surface area (Å²) in [6.07, 6.45) is 3.89. The average molecular weight is 467 g/mol. The standard InChI is InChI=1S/C27H34N2O5/c1-26(2,3)29(25(32)33)27(17-18-27)24(31)34-28-23(30)19-22-15-13-21(14-16-22)12-8-7-11-20-9-5-4-6-10-20/h4-6,9-10,13-16H,7-8,11-12,17-19H2,1-3H3,(H,28,30)(H,32,33). The lowest BCUT2D eigenvalue weighted by atomic mass is 10.0. The fourth-order valence-corrected chi connectivity index (χ4v) is 4.30. The first-order valence-corrected chi connectivity index (χ1v) is 11.8. The number of hydrogen-bond donors (Lipinski definition) is 2. The summed E-state index contributed by atoms with van der Waals surface area (Å²) in [5.41, 5.74) is 3.56. The molecule has 182 valence electrons. The van der Waals surface area contributed by atoms with Gasteiger partial charge in [-0.15, -0.1) is 0 Å². The Labute approximate surface area is 201 Å². The number of unbranched alkanes of at least 4 members (excludes halogenated alkanes) is 1. The molecule has 2 aromatic rings. The van der Waals surface area contributed by atoms with E-state index in [-0.39, 0.29) is 6.42 Å². The molecule has 1 saturated carbocycles. The van der Waals surface area contributed by atoms with Crippen LogP contribution in [0.1, 0.15) is 63.1 Å². The van der Waals surface area contributed by atoms with Gasteiger partial charge in [-0.2, -0.15) is 5.48 Å². The van der Waals surface area contributed by atoms with Gasteiger partial charge < -0.3 is 9.94 Å². The fourth-order valence-electron chi connectivity index (χ4n) is 4.30. The Morgan fingerprint density at radius 3 is 1.94 bits per heavy atom. The molecule has 2 aromatic carbocycles. The number of carbonyl (C=O) groups excluding carboxylic acids is 2. The molecule has 0 aliphatic heterocycles. The van der Waals surface area contributed by atoms with Gasteiger partial charge in [0.25, 0.3) is 5.91 Å².